The van der Waals surface area contributed by atoms with Gasteiger partial charge in [0.1, 0.15) is 11.4 Å². The normalized spacial score (nSPS) is 20.8. The van der Waals surface area contributed by atoms with E-state index in [1.54, 1.807) is 0 Å². The molecule has 4 rings (SSSR count). The average molecular weight is 436 g/mol. The Morgan fingerprint density at radius 3 is 2.41 bits per heavy atom. The molecule has 2 N–H and O–H groups in total. The molecule has 0 radical (unpaired) electrons. The van der Waals surface area contributed by atoms with E-state index in [0.29, 0.717) is 6.42 Å². The largest absolute Gasteiger partial charge is 0.485 e. The summed E-state index contributed by atoms with van der Waals surface area (Å²) in [6.45, 7) is 12.8. The van der Waals surface area contributed by atoms with Gasteiger partial charge in [-0.15, -0.1) is 0 Å². The van der Waals surface area contributed by atoms with Gasteiger partial charge < -0.3 is 15.4 Å². The van der Waals surface area contributed by atoms with E-state index in [1.165, 1.54) is 11.1 Å². The van der Waals surface area contributed by atoms with Gasteiger partial charge >= 0.3 is 0 Å². The van der Waals surface area contributed by atoms with Crippen molar-refractivity contribution >= 4 is 11.6 Å². The second-order valence-electron chi connectivity index (χ2n) is 9.82. The first-order chi connectivity index (χ1) is 15.3. The number of aryl methyl sites for hydroxylation is 1. The van der Waals surface area contributed by atoms with Gasteiger partial charge in [-0.25, -0.2) is 0 Å². The number of benzene rings is 2. The second kappa shape index (κ2) is 9.14. The number of piperazine rings is 1. The Bertz CT molecular complexity index is 941. The van der Waals surface area contributed by atoms with Gasteiger partial charge in [-0.05, 0) is 62.8 Å². The highest BCUT2D eigenvalue weighted by Crippen LogP contribution is 2.43. The number of ether oxygens (including phenoxy) is 1. The number of amides is 1. The van der Waals surface area contributed by atoms with Crippen LogP contribution < -0.4 is 10.5 Å². The molecule has 1 fully saturated rings. The van der Waals surface area contributed by atoms with Crippen molar-refractivity contribution in [2.24, 2.45) is 0 Å². The maximum Gasteiger partial charge on any atom is 0.222 e. The molecule has 5 nitrogen and oxygen atoms in total. The number of rotatable bonds is 6. The summed E-state index contributed by atoms with van der Waals surface area (Å²) in [5, 5.41) is 0. The number of carbonyl (C=O) groups excluding carboxylic acids is 1. The molecular weight excluding hydrogens is 398 g/mol. The summed E-state index contributed by atoms with van der Waals surface area (Å²) in [5.74, 6) is 1.32. The van der Waals surface area contributed by atoms with E-state index in [9.17, 15) is 4.79 Å². The molecule has 2 aromatic carbocycles. The zero-order chi connectivity index (χ0) is 22.9. The lowest BCUT2D eigenvalue weighted by atomic mass is 9.91. The van der Waals surface area contributed by atoms with E-state index >= 15 is 0 Å². The summed E-state index contributed by atoms with van der Waals surface area (Å²) in [4.78, 5) is 17.1. The summed E-state index contributed by atoms with van der Waals surface area (Å²) in [6, 6.07) is 10.4. The first-order valence-electron chi connectivity index (χ1n) is 11.9. The van der Waals surface area contributed by atoms with Crippen LogP contribution >= 0.6 is 0 Å². The van der Waals surface area contributed by atoms with Crippen molar-refractivity contribution in [2.45, 2.75) is 59.0 Å². The van der Waals surface area contributed by atoms with Crippen LogP contribution in [0.5, 0.6) is 5.75 Å². The van der Waals surface area contributed by atoms with Gasteiger partial charge in [0, 0.05) is 56.8 Å². The molecule has 1 atom stereocenters. The maximum atomic E-state index is 12.7. The van der Waals surface area contributed by atoms with Gasteiger partial charge in [-0.3, -0.25) is 9.69 Å². The average Bonchev–Trinajstić information content (AvgIpc) is 3.15. The Hall–Kier alpha value is -2.53. The maximum absolute atomic E-state index is 12.7. The number of fused-ring (bicyclic) bond motifs is 1. The van der Waals surface area contributed by atoms with E-state index in [0.717, 1.165) is 80.1 Å². The summed E-state index contributed by atoms with van der Waals surface area (Å²) in [5.41, 5.74) is 13.0. The first kappa shape index (κ1) is 22.7. The fourth-order valence-corrected chi connectivity index (χ4v) is 5.18. The van der Waals surface area contributed by atoms with Crippen molar-refractivity contribution in [1.29, 1.82) is 0 Å². The van der Waals surface area contributed by atoms with Gasteiger partial charge in [-0.2, -0.15) is 0 Å². The molecule has 2 heterocycles. The van der Waals surface area contributed by atoms with Gasteiger partial charge in [0.15, 0.2) is 0 Å². The SMILES string of the molecule is Cc1c(C)c2c(c(C)c1N)CC(C)(CN1CCN(C(=O)CCCc3ccccc3)CC1)O2. The van der Waals surface area contributed by atoms with Crippen LogP contribution in [0.1, 0.15) is 47.6 Å². The molecule has 172 valence electrons. The topological polar surface area (TPSA) is 58.8 Å². The summed E-state index contributed by atoms with van der Waals surface area (Å²) >= 11 is 0. The number of nitrogens with zero attached hydrogens (tertiary/aromatic N) is 2. The number of nitrogens with two attached hydrogens (primary N) is 1. The third kappa shape index (κ3) is 4.63. The number of carbonyl (C=O) groups is 1. The van der Waals surface area contributed by atoms with Crippen LogP contribution in [-0.4, -0.2) is 54.0 Å². The summed E-state index contributed by atoms with van der Waals surface area (Å²) in [6.07, 6.45) is 3.39. The third-order valence-electron chi connectivity index (χ3n) is 7.32. The van der Waals surface area contributed by atoms with Gasteiger partial charge in [0.2, 0.25) is 5.91 Å². The van der Waals surface area contributed by atoms with E-state index in [1.807, 2.05) is 11.0 Å². The van der Waals surface area contributed by atoms with Crippen LogP contribution in [0.3, 0.4) is 0 Å². The second-order valence-corrected chi connectivity index (χ2v) is 9.82. The van der Waals surface area contributed by atoms with E-state index in [4.69, 9.17) is 10.5 Å². The third-order valence-corrected chi connectivity index (χ3v) is 7.32. The summed E-state index contributed by atoms with van der Waals surface area (Å²) < 4.78 is 6.54. The predicted octanol–water partition coefficient (Wildman–Crippen LogP) is 4.05. The molecule has 1 unspecified atom stereocenters. The molecule has 5 heteroatoms. The van der Waals surface area contributed by atoms with Gasteiger partial charge in [0.25, 0.3) is 0 Å². The molecule has 2 aromatic rings. The lowest BCUT2D eigenvalue weighted by Gasteiger charge is -2.38. The molecular formula is C27H37N3O2. The molecule has 1 amide bonds. The van der Waals surface area contributed by atoms with Crippen molar-refractivity contribution < 1.29 is 9.53 Å². The van der Waals surface area contributed by atoms with Crippen molar-refractivity contribution in [3.05, 3.63) is 58.1 Å². The van der Waals surface area contributed by atoms with Gasteiger partial charge in [-0.1, -0.05) is 30.3 Å². The van der Waals surface area contributed by atoms with Crippen molar-refractivity contribution in [2.75, 3.05) is 38.5 Å². The molecule has 2 aliphatic rings. The highest BCUT2D eigenvalue weighted by Gasteiger charge is 2.39. The summed E-state index contributed by atoms with van der Waals surface area (Å²) in [7, 11) is 0. The molecule has 0 aromatic heterocycles. The van der Waals surface area contributed by atoms with Crippen LogP contribution in [0.15, 0.2) is 30.3 Å². The quantitative estimate of drug-likeness (QED) is 0.696. The zero-order valence-corrected chi connectivity index (χ0v) is 20.0. The minimum absolute atomic E-state index is 0.250. The lowest BCUT2D eigenvalue weighted by molar-refractivity contribution is -0.133. The highest BCUT2D eigenvalue weighted by atomic mass is 16.5. The van der Waals surface area contributed by atoms with Crippen LogP contribution in [0.4, 0.5) is 5.69 Å². The Kier molecular flexibility index (Phi) is 6.47. The molecule has 1 saturated heterocycles. The Morgan fingerprint density at radius 2 is 1.72 bits per heavy atom. The molecule has 2 aliphatic heterocycles. The van der Waals surface area contributed by atoms with Crippen molar-refractivity contribution in [3.8, 4) is 5.75 Å². The monoisotopic (exact) mass is 435 g/mol. The van der Waals surface area contributed by atoms with Crippen LogP contribution in [0.2, 0.25) is 0 Å². The standard InChI is InChI=1S/C27H37N3O2/c1-19-20(2)26-23(21(3)25(19)28)17-27(4,32-26)18-29-13-15-30(16-14-29)24(31)12-8-11-22-9-6-5-7-10-22/h5-7,9-10H,8,11-18,28H2,1-4H3. The van der Waals surface area contributed by atoms with Gasteiger partial charge in [0.05, 0.1) is 0 Å². The van der Waals surface area contributed by atoms with E-state index < -0.39 is 0 Å². The molecule has 0 saturated carbocycles. The van der Waals surface area contributed by atoms with Crippen LogP contribution in [-0.2, 0) is 17.6 Å². The lowest BCUT2D eigenvalue weighted by Crippen LogP contribution is -2.53. The minimum atomic E-state index is -0.250. The predicted molar refractivity (Wildman–Crippen MR) is 130 cm³/mol. The number of anilines is 1. The number of nitrogen functional groups attached to an aromatic ring is 1. The Morgan fingerprint density at radius 1 is 1.03 bits per heavy atom. The highest BCUT2D eigenvalue weighted by molar-refractivity contribution is 5.76. The molecule has 0 aliphatic carbocycles. The Balaban J connectivity index is 1.27. The van der Waals surface area contributed by atoms with Crippen LogP contribution in [0.25, 0.3) is 0 Å². The molecule has 32 heavy (non-hydrogen) atoms. The fraction of sp³-hybridized carbons (Fsp3) is 0.519. The minimum Gasteiger partial charge on any atom is -0.485 e. The van der Waals surface area contributed by atoms with Crippen molar-refractivity contribution in [1.82, 2.24) is 9.80 Å². The van der Waals surface area contributed by atoms with E-state index in [2.05, 4.69) is 56.9 Å². The smallest absolute Gasteiger partial charge is 0.222 e. The van der Waals surface area contributed by atoms with Crippen molar-refractivity contribution in [3.63, 3.8) is 0 Å². The fourth-order valence-electron chi connectivity index (χ4n) is 5.18. The first-order valence-corrected chi connectivity index (χ1v) is 11.9. The van der Waals surface area contributed by atoms with Crippen LogP contribution in [0, 0.1) is 20.8 Å². The Labute approximate surface area is 192 Å². The van der Waals surface area contributed by atoms with E-state index in [-0.39, 0.29) is 11.5 Å². The number of hydrogen-bond donors (Lipinski definition) is 1. The molecule has 0 bridgehead atoms. The molecule has 0 spiro atoms. The zero-order valence-electron chi connectivity index (χ0n) is 20.0. The number of hydrogen-bond acceptors (Lipinski definition) is 4.